The molecule has 0 unspecified atom stereocenters. The van der Waals surface area contributed by atoms with Gasteiger partial charge in [-0.25, -0.2) is 9.07 Å². The summed E-state index contributed by atoms with van der Waals surface area (Å²) < 4.78 is 30.8. The SMILES string of the molecule is CNc1nc(Oc2ccc(NC(=O)c3cn(C)n(-c4ccc(F)cc4)c3=O)cc2)c2c(-c3cccc(CN(C)C)c3)c(-c3cnn(C)c3)oc2n1. The maximum atomic E-state index is 13.4. The molecule has 51 heavy (non-hydrogen) atoms. The van der Waals surface area contributed by atoms with Crippen LogP contribution in [0.5, 0.6) is 11.6 Å². The summed E-state index contributed by atoms with van der Waals surface area (Å²) in [4.78, 5) is 37.7. The first-order valence-electron chi connectivity index (χ1n) is 16.0. The number of anilines is 2. The summed E-state index contributed by atoms with van der Waals surface area (Å²) in [6.45, 7) is 0.743. The lowest BCUT2D eigenvalue weighted by molar-refractivity contribution is 0.102. The number of hydrogen-bond donors (Lipinski definition) is 2. The van der Waals surface area contributed by atoms with Crippen molar-refractivity contribution in [2.45, 2.75) is 6.54 Å². The highest BCUT2D eigenvalue weighted by Crippen LogP contribution is 2.45. The Morgan fingerprint density at radius 2 is 1.75 bits per heavy atom. The molecule has 0 radical (unpaired) electrons. The topological polar surface area (TPSA) is 137 Å². The van der Waals surface area contributed by atoms with Gasteiger partial charge in [-0.1, -0.05) is 18.2 Å². The molecular formula is C37H34FN9O4. The molecule has 14 heteroatoms. The molecule has 7 rings (SSSR count). The zero-order valence-corrected chi connectivity index (χ0v) is 28.5. The van der Waals surface area contributed by atoms with E-state index in [4.69, 9.17) is 9.15 Å². The van der Waals surface area contributed by atoms with Gasteiger partial charge in [0.05, 0.1) is 17.4 Å². The summed E-state index contributed by atoms with van der Waals surface area (Å²) in [5.74, 6) is 0.551. The lowest BCUT2D eigenvalue weighted by Gasteiger charge is -2.12. The average Bonchev–Trinajstić information content (AvgIpc) is 3.80. The van der Waals surface area contributed by atoms with Gasteiger partial charge in [0.25, 0.3) is 11.5 Å². The van der Waals surface area contributed by atoms with Crippen LogP contribution in [-0.2, 0) is 20.6 Å². The van der Waals surface area contributed by atoms with E-state index in [1.807, 2.05) is 39.5 Å². The Labute approximate surface area is 291 Å². The fourth-order valence-corrected chi connectivity index (χ4v) is 5.87. The highest BCUT2D eigenvalue weighted by atomic mass is 19.1. The molecule has 4 aromatic heterocycles. The van der Waals surface area contributed by atoms with Crippen molar-refractivity contribution in [3.63, 3.8) is 0 Å². The zero-order chi connectivity index (χ0) is 35.8. The van der Waals surface area contributed by atoms with Crippen LogP contribution in [0.15, 0.2) is 101 Å². The van der Waals surface area contributed by atoms with Crippen molar-refractivity contribution in [3.8, 4) is 39.8 Å². The lowest BCUT2D eigenvalue weighted by Crippen LogP contribution is -2.25. The van der Waals surface area contributed by atoms with Crippen LogP contribution >= 0.6 is 0 Å². The second kappa shape index (κ2) is 13.4. The standard InChI is InChI=1S/C37H34FN9O4/c1-39-37-42-34(31-30(23-8-6-7-22(17-23)19-44(2)3)32(51-35(31)43-37)24-18-40-45(4)20-24)50-28-15-11-26(12-16-28)41-33(48)29-21-46(5)47(36(29)49)27-13-9-25(38)10-14-27/h6-18,20-21H,19H2,1-5H3,(H,41,48)(H,39,42,43). The Balaban J connectivity index is 1.22. The first-order chi connectivity index (χ1) is 24.6. The number of amides is 1. The Kier molecular flexibility index (Phi) is 8.67. The van der Waals surface area contributed by atoms with Crippen molar-refractivity contribution in [1.29, 1.82) is 0 Å². The molecule has 1 amide bonds. The second-order valence-electron chi connectivity index (χ2n) is 12.2. The Morgan fingerprint density at radius 3 is 2.43 bits per heavy atom. The number of aryl methyl sites for hydroxylation is 2. The van der Waals surface area contributed by atoms with Crippen molar-refractivity contribution >= 4 is 28.6 Å². The number of fused-ring (bicyclic) bond motifs is 1. The first-order valence-corrected chi connectivity index (χ1v) is 16.0. The number of carbonyl (C=O) groups excluding carboxylic acids is 1. The van der Waals surface area contributed by atoms with Gasteiger partial charge in [0.2, 0.25) is 17.5 Å². The number of halogens is 1. The fraction of sp³-hybridized carbons (Fsp3) is 0.162. The van der Waals surface area contributed by atoms with E-state index >= 15 is 0 Å². The minimum absolute atomic E-state index is 0.0725. The van der Waals surface area contributed by atoms with Gasteiger partial charge < -0.3 is 24.7 Å². The van der Waals surface area contributed by atoms with Crippen LogP contribution in [0, 0.1) is 5.82 Å². The summed E-state index contributed by atoms with van der Waals surface area (Å²) in [6.07, 6.45) is 5.04. The molecule has 4 heterocycles. The molecule has 7 aromatic rings. The third kappa shape index (κ3) is 6.59. The Morgan fingerprint density at radius 1 is 0.980 bits per heavy atom. The van der Waals surface area contributed by atoms with Gasteiger partial charge in [0.15, 0.2) is 0 Å². The molecule has 0 aliphatic rings. The lowest BCUT2D eigenvalue weighted by atomic mass is 9.99. The molecule has 0 fully saturated rings. The highest BCUT2D eigenvalue weighted by molar-refractivity contribution is 6.04. The first kappa shape index (κ1) is 33.0. The predicted molar refractivity (Wildman–Crippen MR) is 192 cm³/mol. The fourth-order valence-electron chi connectivity index (χ4n) is 5.87. The van der Waals surface area contributed by atoms with Crippen molar-refractivity contribution < 1.29 is 18.3 Å². The van der Waals surface area contributed by atoms with Crippen molar-refractivity contribution in [3.05, 3.63) is 119 Å². The van der Waals surface area contributed by atoms with E-state index in [1.54, 1.807) is 49.2 Å². The summed E-state index contributed by atoms with van der Waals surface area (Å²) in [5.41, 5.74) is 4.12. The smallest absolute Gasteiger partial charge is 0.284 e. The van der Waals surface area contributed by atoms with Gasteiger partial charge in [0.1, 0.15) is 28.3 Å². The molecule has 258 valence electrons. The normalized spacial score (nSPS) is 11.4. The number of nitrogens with one attached hydrogen (secondary N) is 2. The van der Waals surface area contributed by atoms with Gasteiger partial charge in [-0.2, -0.15) is 15.1 Å². The van der Waals surface area contributed by atoms with E-state index in [0.29, 0.717) is 39.9 Å². The number of carbonyl (C=O) groups is 1. The van der Waals surface area contributed by atoms with E-state index < -0.39 is 17.3 Å². The van der Waals surface area contributed by atoms with E-state index in [1.165, 1.54) is 39.8 Å². The third-order valence-corrected chi connectivity index (χ3v) is 8.12. The number of nitrogens with zero attached hydrogens (tertiary/aromatic N) is 7. The van der Waals surface area contributed by atoms with E-state index in [2.05, 4.69) is 42.7 Å². The molecule has 0 saturated carbocycles. The van der Waals surface area contributed by atoms with Crippen LogP contribution in [0.25, 0.3) is 39.2 Å². The van der Waals surface area contributed by atoms with Crippen LogP contribution in [0.3, 0.4) is 0 Å². The minimum atomic E-state index is -0.594. The number of rotatable bonds is 10. The number of ether oxygens (including phenoxy) is 1. The molecule has 0 aliphatic heterocycles. The summed E-state index contributed by atoms with van der Waals surface area (Å²) in [5, 5.41) is 10.7. The molecule has 0 spiro atoms. The summed E-state index contributed by atoms with van der Waals surface area (Å²) in [6, 6.07) is 20.3. The van der Waals surface area contributed by atoms with Gasteiger partial charge in [-0.15, -0.1) is 0 Å². The molecule has 0 saturated heterocycles. The van der Waals surface area contributed by atoms with Crippen LogP contribution in [-0.4, -0.2) is 61.1 Å². The van der Waals surface area contributed by atoms with Gasteiger partial charge in [-0.05, 0) is 79.8 Å². The zero-order valence-electron chi connectivity index (χ0n) is 28.5. The van der Waals surface area contributed by atoms with Crippen LogP contribution in [0.4, 0.5) is 16.0 Å². The maximum absolute atomic E-state index is 13.4. The molecular weight excluding hydrogens is 653 g/mol. The van der Waals surface area contributed by atoms with Gasteiger partial charge >= 0.3 is 0 Å². The molecule has 2 N–H and O–H groups in total. The van der Waals surface area contributed by atoms with E-state index in [0.717, 1.165) is 28.8 Å². The average molecular weight is 688 g/mol. The van der Waals surface area contributed by atoms with E-state index in [-0.39, 0.29) is 11.4 Å². The maximum Gasteiger partial charge on any atom is 0.284 e. The van der Waals surface area contributed by atoms with Gasteiger partial charge in [-0.3, -0.25) is 19.0 Å². The second-order valence-corrected chi connectivity index (χ2v) is 12.2. The van der Waals surface area contributed by atoms with Crippen molar-refractivity contribution in [1.82, 2.24) is 34.0 Å². The van der Waals surface area contributed by atoms with Crippen molar-refractivity contribution in [2.24, 2.45) is 14.1 Å². The van der Waals surface area contributed by atoms with Gasteiger partial charge in [0, 0.05) is 51.3 Å². The number of aromatic nitrogens is 6. The van der Waals surface area contributed by atoms with Crippen molar-refractivity contribution in [2.75, 3.05) is 31.8 Å². The minimum Gasteiger partial charge on any atom is -0.438 e. The molecule has 3 aromatic carbocycles. The molecule has 0 aliphatic carbocycles. The largest absolute Gasteiger partial charge is 0.438 e. The summed E-state index contributed by atoms with van der Waals surface area (Å²) in [7, 11) is 9.21. The highest BCUT2D eigenvalue weighted by Gasteiger charge is 2.26. The molecule has 0 bridgehead atoms. The number of hydrogen-bond acceptors (Lipinski definition) is 9. The Hall–Kier alpha value is -6.54. The molecule has 13 nitrogen and oxygen atoms in total. The quantitative estimate of drug-likeness (QED) is 0.176. The van der Waals surface area contributed by atoms with Crippen LogP contribution < -0.4 is 20.9 Å². The predicted octanol–water partition coefficient (Wildman–Crippen LogP) is 6.07. The third-order valence-electron chi connectivity index (χ3n) is 8.12. The Bertz CT molecular complexity index is 2440. The van der Waals surface area contributed by atoms with Crippen LogP contribution in [0.2, 0.25) is 0 Å². The number of benzene rings is 3. The van der Waals surface area contributed by atoms with Crippen LogP contribution in [0.1, 0.15) is 15.9 Å². The monoisotopic (exact) mass is 687 g/mol. The molecule has 0 atom stereocenters. The van der Waals surface area contributed by atoms with E-state index in [9.17, 15) is 14.0 Å². The number of furan rings is 1. The summed E-state index contributed by atoms with van der Waals surface area (Å²) >= 11 is 0.